The Morgan fingerprint density at radius 2 is 0.784 bits per heavy atom. The summed E-state index contributed by atoms with van der Waals surface area (Å²) in [4.78, 5) is 24.3. The van der Waals surface area contributed by atoms with E-state index in [0.29, 0.717) is 12.8 Å². The average molecular weight is 719 g/mol. The normalized spacial score (nSPS) is 12.3. The highest BCUT2D eigenvalue weighted by atomic mass is 16.6. The van der Waals surface area contributed by atoms with E-state index in [1.165, 1.54) is 167 Å². The summed E-state index contributed by atoms with van der Waals surface area (Å²) in [7, 11) is 0. The van der Waals surface area contributed by atoms with Gasteiger partial charge in [0.2, 0.25) is 0 Å². The maximum atomic E-state index is 12.2. The minimum absolute atomic E-state index is 0.0616. The fourth-order valence-corrected chi connectivity index (χ4v) is 6.59. The lowest BCUT2D eigenvalue weighted by atomic mass is 10.0. The minimum atomic E-state index is -0.767. The number of unbranched alkanes of at least 4 members (excludes halogenated alkanes) is 29. The van der Waals surface area contributed by atoms with Crippen molar-refractivity contribution in [2.45, 2.75) is 245 Å². The standard InChI is InChI=1S/C46H86O5/c1-3-5-7-9-11-13-15-17-19-20-21-22-23-24-25-26-27-29-31-33-35-37-39-41-46(49)51-44(42-47)43-50-45(48)40-38-36-34-32-30-28-18-16-14-12-10-8-6-4-2/h15,17,20-21,44,47H,3-14,16,18-19,22-43H2,1-2H3/b17-15-,21-20-. The van der Waals surface area contributed by atoms with Crippen molar-refractivity contribution in [1.82, 2.24) is 0 Å². The Kier molecular flexibility index (Phi) is 41.4. The number of esters is 2. The van der Waals surface area contributed by atoms with E-state index in [4.69, 9.17) is 9.47 Å². The van der Waals surface area contributed by atoms with Gasteiger partial charge >= 0.3 is 11.9 Å². The molecule has 1 N–H and O–H groups in total. The molecule has 5 heteroatoms. The van der Waals surface area contributed by atoms with Gasteiger partial charge in [0.25, 0.3) is 0 Å². The van der Waals surface area contributed by atoms with Gasteiger partial charge in [-0.3, -0.25) is 9.59 Å². The smallest absolute Gasteiger partial charge is 0.306 e. The lowest BCUT2D eigenvalue weighted by molar-refractivity contribution is -0.161. The fourth-order valence-electron chi connectivity index (χ4n) is 6.59. The molecule has 0 amide bonds. The van der Waals surface area contributed by atoms with Crippen molar-refractivity contribution in [2.24, 2.45) is 0 Å². The number of allylic oxidation sites excluding steroid dienone is 4. The van der Waals surface area contributed by atoms with Crippen LogP contribution in [0.1, 0.15) is 239 Å². The zero-order valence-corrected chi connectivity index (χ0v) is 34.1. The van der Waals surface area contributed by atoms with Crippen LogP contribution in [-0.4, -0.2) is 36.4 Å². The minimum Gasteiger partial charge on any atom is -0.462 e. The fraction of sp³-hybridized carbons (Fsp3) is 0.870. The molecule has 0 fully saturated rings. The van der Waals surface area contributed by atoms with E-state index in [9.17, 15) is 14.7 Å². The second kappa shape index (κ2) is 42.8. The highest BCUT2D eigenvalue weighted by molar-refractivity contribution is 5.70. The Balaban J connectivity index is 3.49. The average Bonchev–Trinajstić information content (AvgIpc) is 3.13. The number of hydrogen-bond acceptors (Lipinski definition) is 5. The molecule has 0 spiro atoms. The Labute approximate surface area is 317 Å². The van der Waals surface area contributed by atoms with Gasteiger partial charge in [-0.25, -0.2) is 0 Å². The molecule has 0 aliphatic rings. The Morgan fingerprint density at radius 3 is 1.16 bits per heavy atom. The molecule has 0 aliphatic carbocycles. The molecule has 1 unspecified atom stereocenters. The number of rotatable bonds is 41. The predicted octanol–water partition coefficient (Wildman–Crippen LogP) is 14.2. The number of hydrogen-bond donors (Lipinski definition) is 1. The molecule has 1 atom stereocenters. The molecule has 51 heavy (non-hydrogen) atoms. The third-order valence-corrected chi connectivity index (χ3v) is 10.00. The zero-order valence-electron chi connectivity index (χ0n) is 34.1. The van der Waals surface area contributed by atoms with Crippen LogP contribution in [0.2, 0.25) is 0 Å². The summed E-state index contributed by atoms with van der Waals surface area (Å²) in [6, 6.07) is 0. The van der Waals surface area contributed by atoms with Gasteiger partial charge in [0.15, 0.2) is 6.10 Å². The highest BCUT2D eigenvalue weighted by Crippen LogP contribution is 2.15. The first-order valence-corrected chi connectivity index (χ1v) is 22.4. The van der Waals surface area contributed by atoms with Crippen molar-refractivity contribution < 1.29 is 24.2 Å². The maximum absolute atomic E-state index is 12.2. The molecule has 0 radical (unpaired) electrons. The number of ether oxygens (including phenoxy) is 2. The van der Waals surface area contributed by atoms with Gasteiger partial charge in [-0.05, 0) is 44.9 Å². The van der Waals surface area contributed by atoms with Gasteiger partial charge in [0.1, 0.15) is 6.61 Å². The van der Waals surface area contributed by atoms with Crippen LogP contribution in [0, 0.1) is 0 Å². The van der Waals surface area contributed by atoms with E-state index >= 15 is 0 Å². The van der Waals surface area contributed by atoms with E-state index in [2.05, 4.69) is 38.2 Å². The van der Waals surface area contributed by atoms with Gasteiger partial charge in [-0.2, -0.15) is 0 Å². The van der Waals surface area contributed by atoms with Crippen LogP contribution in [0.5, 0.6) is 0 Å². The molecule has 0 bridgehead atoms. The Bertz CT molecular complexity index is 776. The Morgan fingerprint density at radius 1 is 0.451 bits per heavy atom. The van der Waals surface area contributed by atoms with E-state index in [-0.39, 0.29) is 25.2 Å². The summed E-state index contributed by atoms with van der Waals surface area (Å²) in [5, 5.41) is 9.58. The van der Waals surface area contributed by atoms with Crippen molar-refractivity contribution >= 4 is 11.9 Å². The quantitative estimate of drug-likeness (QED) is 0.0387. The first-order valence-electron chi connectivity index (χ1n) is 22.4. The molecule has 0 aromatic carbocycles. The molecule has 300 valence electrons. The lowest BCUT2D eigenvalue weighted by Crippen LogP contribution is -2.28. The predicted molar refractivity (Wildman–Crippen MR) is 219 cm³/mol. The third kappa shape index (κ3) is 41.0. The monoisotopic (exact) mass is 719 g/mol. The van der Waals surface area contributed by atoms with Crippen LogP contribution in [0.4, 0.5) is 0 Å². The summed E-state index contributed by atoms with van der Waals surface area (Å²) in [6.45, 7) is 4.15. The summed E-state index contributed by atoms with van der Waals surface area (Å²) < 4.78 is 10.6. The van der Waals surface area contributed by atoms with E-state index in [0.717, 1.165) is 44.9 Å². The molecule has 0 heterocycles. The topological polar surface area (TPSA) is 72.8 Å². The lowest BCUT2D eigenvalue weighted by Gasteiger charge is -2.15. The molecule has 0 rings (SSSR count). The van der Waals surface area contributed by atoms with Gasteiger partial charge < -0.3 is 14.6 Å². The first kappa shape index (κ1) is 49.4. The van der Waals surface area contributed by atoms with Crippen LogP contribution in [-0.2, 0) is 19.1 Å². The largest absolute Gasteiger partial charge is 0.462 e. The van der Waals surface area contributed by atoms with Crippen LogP contribution < -0.4 is 0 Å². The third-order valence-electron chi connectivity index (χ3n) is 10.00. The molecule has 0 aliphatic heterocycles. The van der Waals surface area contributed by atoms with Gasteiger partial charge in [0.05, 0.1) is 6.61 Å². The number of aliphatic hydroxyl groups is 1. The zero-order chi connectivity index (χ0) is 37.1. The van der Waals surface area contributed by atoms with E-state index < -0.39 is 6.10 Å². The summed E-state index contributed by atoms with van der Waals surface area (Å²) in [6.07, 6.45) is 51.1. The number of aliphatic hydroxyl groups excluding tert-OH is 1. The number of carbonyl (C=O) groups is 2. The highest BCUT2D eigenvalue weighted by Gasteiger charge is 2.16. The molecule has 0 aromatic heterocycles. The molecule has 0 aromatic rings. The molecule has 0 saturated carbocycles. The summed E-state index contributed by atoms with van der Waals surface area (Å²) >= 11 is 0. The Hall–Kier alpha value is -1.62. The van der Waals surface area contributed by atoms with Gasteiger partial charge in [0, 0.05) is 12.8 Å². The van der Waals surface area contributed by atoms with Gasteiger partial charge in [-0.15, -0.1) is 0 Å². The van der Waals surface area contributed by atoms with Crippen molar-refractivity contribution in [3.63, 3.8) is 0 Å². The van der Waals surface area contributed by atoms with Crippen molar-refractivity contribution in [2.75, 3.05) is 13.2 Å². The maximum Gasteiger partial charge on any atom is 0.306 e. The summed E-state index contributed by atoms with van der Waals surface area (Å²) in [5.74, 6) is -0.582. The van der Waals surface area contributed by atoms with Crippen molar-refractivity contribution in [3.05, 3.63) is 24.3 Å². The SMILES string of the molecule is CCCCCCC/C=C\C/C=C\CCCCCCCCCCCCCC(=O)OC(CO)COC(=O)CCCCCCCCCCCCCCCC. The second-order valence-corrected chi connectivity index (χ2v) is 15.1. The molecular formula is C46H86O5. The van der Waals surface area contributed by atoms with Crippen LogP contribution in [0.15, 0.2) is 24.3 Å². The van der Waals surface area contributed by atoms with E-state index in [1.807, 2.05) is 0 Å². The van der Waals surface area contributed by atoms with Crippen LogP contribution >= 0.6 is 0 Å². The first-order chi connectivity index (χ1) is 25.1. The van der Waals surface area contributed by atoms with Crippen LogP contribution in [0.25, 0.3) is 0 Å². The van der Waals surface area contributed by atoms with Crippen molar-refractivity contribution in [3.8, 4) is 0 Å². The second-order valence-electron chi connectivity index (χ2n) is 15.1. The molecule has 0 saturated heterocycles. The van der Waals surface area contributed by atoms with Gasteiger partial charge in [-0.1, -0.05) is 205 Å². The molecular weight excluding hydrogens is 633 g/mol. The summed E-state index contributed by atoms with van der Waals surface area (Å²) in [5.41, 5.74) is 0. The van der Waals surface area contributed by atoms with Crippen LogP contribution in [0.3, 0.4) is 0 Å². The van der Waals surface area contributed by atoms with Crippen molar-refractivity contribution in [1.29, 1.82) is 0 Å². The molecule has 5 nitrogen and oxygen atoms in total. The van der Waals surface area contributed by atoms with E-state index in [1.54, 1.807) is 0 Å². The number of carbonyl (C=O) groups excluding carboxylic acids is 2.